The maximum atomic E-state index is 12.7. The second-order valence-electron chi connectivity index (χ2n) is 7.03. The third-order valence-corrected chi connectivity index (χ3v) is 7.04. The lowest BCUT2D eigenvalue weighted by molar-refractivity contribution is -0.137. The summed E-state index contributed by atoms with van der Waals surface area (Å²) in [4.78, 5) is 16.4. The predicted octanol–water partition coefficient (Wildman–Crippen LogP) is 3.86. The van der Waals surface area contributed by atoms with Crippen LogP contribution in [0.2, 0.25) is 0 Å². The fourth-order valence-corrected chi connectivity index (χ4v) is 5.23. The molecule has 1 atom stereocenters. The van der Waals surface area contributed by atoms with Crippen LogP contribution in [0.1, 0.15) is 27.0 Å². The molecule has 0 spiro atoms. The van der Waals surface area contributed by atoms with Gasteiger partial charge in [0.25, 0.3) is 15.9 Å². The molecule has 1 heterocycles. The molecule has 162 valence electrons. The Bertz CT molecular complexity index is 1210. The van der Waals surface area contributed by atoms with Gasteiger partial charge in [-0.05, 0) is 60.4 Å². The van der Waals surface area contributed by atoms with E-state index in [2.05, 4.69) is 15.0 Å². The summed E-state index contributed by atoms with van der Waals surface area (Å²) in [6.07, 6.45) is -2.05. The van der Waals surface area contributed by atoms with Crippen LogP contribution < -0.4 is 10.0 Å². The Kier molecular flexibility index (Phi) is 5.48. The largest absolute Gasteiger partial charge is 0.416 e. The molecule has 31 heavy (non-hydrogen) atoms. The SMILES string of the molecule is O=C(NC1Cc2ccc(S(=O)(=O)Nc3nccs3)cc2C1)c1ccc(C(F)(F)F)cc1. The maximum Gasteiger partial charge on any atom is 0.416 e. The fourth-order valence-electron chi connectivity index (χ4n) is 3.39. The lowest BCUT2D eigenvalue weighted by Crippen LogP contribution is -2.35. The van der Waals surface area contributed by atoms with E-state index in [0.29, 0.717) is 12.8 Å². The summed E-state index contributed by atoms with van der Waals surface area (Å²) >= 11 is 1.17. The number of aromatic nitrogens is 1. The summed E-state index contributed by atoms with van der Waals surface area (Å²) in [6, 6.07) is 8.48. The molecule has 0 saturated heterocycles. The summed E-state index contributed by atoms with van der Waals surface area (Å²) < 4.78 is 65.5. The summed E-state index contributed by atoms with van der Waals surface area (Å²) in [5, 5.41) is 4.72. The summed E-state index contributed by atoms with van der Waals surface area (Å²) in [6.45, 7) is 0. The second-order valence-corrected chi connectivity index (χ2v) is 9.60. The zero-order valence-corrected chi connectivity index (χ0v) is 17.4. The average Bonchev–Trinajstić information content (AvgIpc) is 3.35. The predicted molar refractivity (Wildman–Crippen MR) is 109 cm³/mol. The first-order valence-corrected chi connectivity index (χ1v) is 11.5. The van der Waals surface area contributed by atoms with Crippen molar-refractivity contribution >= 4 is 32.4 Å². The molecule has 1 aliphatic rings. The number of amides is 1. The Morgan fingerprint density at radius 3 is 2.42 bits per heavy atom. The number of nitrogens with one attached hydrogen (secondary N) is 2. The minimum Gasteiger partial charge on any atom is -0.349 e. The van der Waals surface area contributed by atoms with Crippen molar-refractivity contribution in [2.75, 3.05) is 4.72 Å². The maximum absolute atomic E-state index is 12.7. The van der Waals surface area contributed by atoms with Crippen molar-refractivity contribution in [1.29, 1.82) is 0 Å². The molecule has 11 heteroatoms. The number of thiazole rings is 1. The number of hydrogen-bond donors (Lipinski definition) is 2. The van der Waals surface area contributed by atoms with Crippen LogP contribution in [-0.2, 0) is 29.0 Å². The molecule has 6 nitrogen and oxygen atoms in total. The van der Waals surface area contributed by atoms with E-state index in [4.69, 9.17) is 0 Å². The van der Waals surface area contributed by atoms with Crippen LogP contribution in [0, 0.1) is 0 Å². The van der Waals surface area contributed by atoms with E-state index < -0.39 is 27.7 Å². The van der Waals surface area contributed by atoms with E-state index in [9.17, 15) is 26.4 Å². The van der Waals surface area contributed by atoms with Gasteiger partial charge in [-0.2, -0.15) is 13.2 Å². The number of carbonyl (C=O) groups excluding carboxylic acids is 1. The topological polar surface area (TPSA) is 88.2 Å². The van der Waals surface area contributed by atoms with Gasteiger partial charge in [0.05, 0.1) is 10.5 Å². The van der Waals surface area contributed by atoms with Crippen LogP contribution in [0.5, 0.6) is 0 Å². The van der Waals surface area contributed by atoms with E-state index in [0.717, 1.165) is 35.4 Å². The number of hydrogen-bond acceptors (Lipinski definition) is 5. The van der Waals surface area contributed by atoms with Crippen molar-refractivity contribution in [2.24, 2.45) is 0 Å². The number of alkyl halides is 3. The standard InChI is InChI=1S/C20H16F3N3O3S2/c21-20(22,23)15-4-1-12(2-5-15)18(27)25-16-9-13-3-6-17(11-14(13)10-16)31(28,29)26-19-24-7-8-30-19/h1-8,11,16H,9-10H2,(H,24,26)(H,25,27). The van der Waals surface area contributed by atoms with Crippen molar-refractivity contribution < 1.29 is 26.4 Å². The highest BCUT2D eigenvalue weighted by Crippen LogP contribution is 2.30. The van der Waals surface area contributed by atoms with Crippen LogP contribution in [0.3, 0.4) is 0 Å². The van der Waals surface area contributed by atoms with Crippen molar-refractivity contribution in [1.82, 2.24) is 10.3 Å². The lowest BCUT2D eigenvalue weighted by atomic mass is 10.1. The average molecular weight is 467 g/mol. The van der Waals surface area contributed by atoms with E-state index in [-0.39, 0.29) is 21.6 Å². The molecular weight excluding hydrogens is 451 g/mol. The van der Waals surface area contributed by atoms with E-state index in [1.54, 1.807) is 17.5 Å². The monoisotopic (exact) mass is 467 g/mol. The van der Waals surface area contributed by atoms with Crippen LogP contribution in [0.4, 0.5) is 18.3 Å². The smallest absolute Gasteiger partial charge is 0.349 e. The van der Waals surface area contributed by atoms with Crippen molar-refractivity contribution in [3.63, 3.8) is 0 Å². The minimum atomic E-state index is -4.46. The highest BCUT2D eigenvalue weighted by Gasteiger charge is 2.30. The molecule has 0 bridgehead atoms. The molecule has 4 rings (SSSR count). The first-order chi connectivity index (χ1) is 14.6. The third kappa shape index (κ3) is 4.72. The molecule has 0 radical (unpaired) electrons. The third-order valence-electron chi connectivity index (χ3n) is 4.88. The molecular formula is C20H16F3N3O3S2. The molecule has 1 amide bonds. The highest BCUT2D eigenvalue weighted by atomic mass is 32.2. The molecule has 1 unspecified atom stereocenters. The zero-order chi connectivity index (χ0) is 22.2. The molecule has 0 fully saturated rings. The van der Waals surface area contributed by atoms with Gasteiger partial charge in [-0.25, -0.2) is 13.4 Å². The normalized spacial score (nSPS) is 16.0. The van der Waals surface area contributed by atoms with Crippen LogP contribution >= 0.6 is 11.3 Å². The Labute approximate surface area is 180 Å². The van der Waals surface area contributed by atoms with Gasteiger partial charge in [0.1, 0.15) is 0 Å². The van der Waals surface area contributed by atoms with Gasteiger partial charge in [0, 0.05) is 23.2 Å². The second kappa shape index (κ2) is 7.97. The molecule has 0 aliphatic heterocycles. The summed E-state index contributed by atoms with van der Waals surface area (Å²) in [5.41, 5.74) is 1.00. The number of carbonyl (C=O) groups is 1. The Morgan fingerprint density at radius 2 is 1.77 bits per heavy atom. The Balaban J connectivity index is 1.43. The van der Waals surface area contributed by atoms with Gasteiger partial charge in [-0.3, -0.25) is 9.52 Å². The van der Waals surface area contributed by atoms with Crippen LogP contribution in [0.25, 0.3) is 0 Å². The number of rotatable bonds is 5. The zero-order valence-electron chi connectivity index (χ0n) is 15.8. The minimum absolute atomic E-state index is 0.0937. The van der Waals surface area contributed by atoms with E-state index in [1.165, 1.54) is 23.6 Å². The van der Waals surface area contributed by atoms with E-state index in [1.807, 2.05) is 0 Å². The number of nitrogens with zero attached hydrogens (tertiary/aromatic N) is 1. The lowest BCUT2D eigenvalue weighted by Gasteiger charge is -2.13. The van der Waals surface area contributed by atoms with Crippen molar-refractivity contribution in [2.45, 2.75) is 30.0 Å². The molecule has 1 aliphatic carbocycles. The summed E-state index contributed by atoms with van der Waals surface area (Å²) in [7, 11) is -3.79. The molecule has 2 N–H and O–H groups in total. The van der Waals surface area contributed by atoms with Gasteiger partial charge in [0.15, 0.2) is 5.13 Å². The molecule has 0 saturated carbocycles. The van der Waals surface area contributed by atoms with Crippen molar-refractivity contribution in [3.05, 3.63) is 76.3 Å². The molecule has 2 aromatic carbocycles. The Hall–Kier alpha value is -2.92. The number of benzene rings is 2. The fraction of sp³-hybridized carbons (Fsp3) is 0.200. The number of sulfonamides is 1. The first kappa shape index (κ1) is 21.3. The Morgan fingerprint density at radius 1 is 1.06 bits per heavy atom. The number of fused-ring (bicyclic) bond motifs is 1. The van der Waals surface area contributed by atoms with Gasteiger partial charge in [-0.1, -0.05) is 6.07 Å². The highest BCUT2D eigenvalue weighted by molar-refractivity contribution is 7.93. The first-order valence-electron chi connectivity index (χ1n) is 9.14. The van der Waals surface area contributed by atoms with Gasteiger partial charge < -0.3 is 5.32 Å². The number of halogens is 3. The van der Waals surface area contributed by atoms with Gasteiger partial charge >= 0.3 is 6.18 Å². The quantitative estimate of drug-likeness (QED) is 0.597. The van der Waals surface area contributed by atoms with Crippen LogP contribution in [0.15, 0.2) is 58.9 Å². The summed E-state index contributed by atoms with van der Waals surface area (Å²) in [5.74, 6) is -0.482. The van der Waals surface area contributed by atoms with Gasteiger partial charge in [-0.15, -0.1) is 11.3 Å². The molecule has 3 aromatic rings. The number of anilines is 1. The van der Waals surface area contributed by atoms with Crippen LogP contribution in [-0.4, -0.2) is 25.4 Å². The molecule has 1 aromatic heterocycles. The van der Waals surface area contributed by atoms with Gasteiger partial charge in [0.2, 0.25) is 0 Å². The van der Waals surface area contributed by atoms with Crippen molar-refractivity contribution in [3.8, 4) is 0 Å². The van der Waals surface area contributed by atoms with E-state index >= 15 is 0 Å².